The summed E-state index contributed by atoms with van der Waals surface area (Å²) in [5, 5.41) is 50.4. The van der Waals surface area contributed by atoms with Gasteiger partial charge in [0.15, 0.2) is 12.4 Å². The maximum absolute atomic E-state index is 11.1. The van der Waals surface area contributed by atoms with Crippen LogP contribution in [0.15, 0.2) is 30.5 Å². The van der Waals surface area contributed by atoms with Gasteiger partial charge in [-0.3, -0.25) is 15.1 Å². The molecule has 0 unspecified atom stereocenters. The Hall–Kier alpha value is -2.37. The Morgan fingerprint density at radius 3 is 2.68 bits per heavy atom. The van der Waals surface area contributed by atoms with Crippen LogP contribution in [0.2, 0.25) is 0 Å². The van der Waals surface area contributed by atoms with Crippen molar-refractivity contribution in [2.45, 2.75) is 30.7 Å². The van der Waals surface area contributed by atoms with Crippen LogP contribution in [0.4, 0.5) is 5.69 Å². The molecular formula is C15H16N2O8. The number of fused-ring (bicyclic) bond motifs is 1. The molecule has 1 aromatic heterocycles. The van der Waals surface area contributed by atoms with Gasteiger partial charge in [0.25, 0.3) is 5.69 Å². The van der Waals surface area contributed by atoms with Gasteiger partial charge in [-0.2, -0.15) is 0 Å². The number of rotatable bonds is 4. The Morgan fingerprint density at radius 2 is 2.00 bits per heavy atom. The van der Waals surface area contributed by atoms with Gasteiger partial charge in [0.1, 0.15) is 29.6 Å². The number of benzene rings is 1. The lowest BCUT2D eigenvalue weighted by Crippen LogP contribution is -2.60. The summed E-state index contributed by atoms with van der Waals surface area (Å²) in [6.45, 7) is -0.593. The van der Waals surface area contributed by atoms with Crippen molar-refractivity contribution in [3.8, 4) is 5.75 Å². The van der Waals surface area contributed by atoms with Crippen LogP contribution in [0, 0.1) is 10.1 Å². The van der Waals surface area contributed by atoms with E-state index in [9.17, 15) is 25.4 Å². The molecule has 10 nitrogen and oxygen atoms in total. The minimum atomic E-state index is -1.62. The molecule has 1 aliphatic rings. The summed E-state index contributed by atoms with van der Waals surface area (Å²) in [5.74, 6) is 0.0718. The number of hydrogen-bond donors (Lipinski definition) is 4. The van der Waals surface area contributed by atoms with Gasteiger partial charge in [0, 0.05) is 12.3 Å². The molecule has 2 heterocycles. The Labute approximate surface area is 141 Å². The minimum absolute atomic E-state index is 0.0718. The zero-order valence-electron chi connectivity index (χ0n) is 12.8. The highest BCUT2D eigenvalue weighted by Crippen LogP contribution is 2.33. The van der Waals surface area contributed by atoms with E-state index in [1.54, 1.807) is 0 Å². The predicted molar refractivity (Wildman–Crippen MR) is 82.8 cm³/mol. The first-order valence-electron chi connectivity index (χ1n) is 7.43. The molecule has 0 saturated carbocycles. The Balaban J connectivity index is 1.96. The third-order valence-corrected chi connectivity index (χ3v) is 4.01. The predicted octanol–water partition coefficient (Wildman–Crippen LogP) is -0.678. The molecule has 1 aromatic carbocycles. The zero-order valence-corrected chi connectivity index (χ0v) is 12.8. The largest absolute Gasteiger partial charge is 0.480 e. The minimum Gasteiger partial charge on any atom is -0.480 e. The second kappa shape index (κ2) is 6.86. The van der Waals surface area contributed by atoms with Crippen LogP contribution in [0.3, 0.4) is 0 Å². The number of aliphatic hydroxyl groups is 4. The third kappa shape index (κ3) is 3.13. The van der Waals surface area contributed by atoms with Crippen molar-refractivity contribution in [2.24, 2.45) is 0 Å². The van der Waals surface area contributed by atoms with E-state index in [4.69, 9.17) is 14.6 Å². The van der Waals surface area contributed by atoms with Gasteiger partial charge in [-0.1, -0.05) is 0 Å². The monoisotopic (exact) mass is 352 g/mol. The standard InChI is InChI=1S/C15H16N2O8/c18-6-10-12(19)13(20)14(15(21)25-10)24-9-4-3-8(17(22)23)7-2-1-5-16-11(7)9/h1-5,10,12-15,18-21H,6H2/t10-,12+,13+,14-,15-/m1/s1. The van der Waals surface area contributed by atoms with Gasteiger partial charge in [0.05, 0.1) is 16.9 Å². The Morgan fingerprint density at radius 1 is 1.24 bits per heavy atom. The fourth-order valence-corrected chi connectivity index (χ4v) is 2.73. The van der Waals surface area contributed by atoms with Crippen molar-refractivity contribution in [1.29, 1.82) is 0 Å². The summed E-state index contributed by atoms with van der Waals surface area (Å²) in [7, 11) is 0. The highest BCUT2D eigenvalue weighted by Gasteiger charge is 2.45. The molecule has 1 saturated heterocycles. The lowest BCUT2D eigenvalue weighted by atomic mass is 9.99. The first-order chi connectivity index (χ1) is 11.9. The molecule has 0 bridgehead atoms. The lowest BCUT2D eigenvalue weighted by molar-refractivity contribution is -0.383. The molecule has 0 amide bonds. The van der Waals surface area contributed by atoms with E-state index in [2.05, 4.69) is 4.98 Å². The number of ether oxygens (including phenoxy) is 2. The number of hydrogen-bond acceptors (Lipinski definition) is 9. The van der Waals surface area contributed by atoms with E-state index in [0.717, 1.165) is 0 Å². The van der Waals surface area contributed by atoms with E-state index < -0.39 is 42.2 Å². The number of non-ortho nitro benzene ring substituents is 1. The molecular weight excluding hydrogens is 336 g/mol. The summed E-state index contributed by atoms with van der Waals surface area (Å²) in [6, 6.07) is 5.53. The number of nitro benzene ring substituents is 1. The molecule has 25 heavy (non-hydrogen) atoms. The van der Waals surface area contributed by atoms with Crippen molar-refractivity contribution in [2.75, 3.05) is 6.61 Å². The number of nitrogens with zero attached hydrogens (tertiary/aromatic N) is 2. The maximum Gasteiger partial charge on any atom is 0.279 e. The molecule has 10 heteroatoms. The van der Waals surface area contributed by atoms with Crippen LogP contribution in [0.25, 0.3) is 10.9 Å². The van der Waals surface area contributed by atoms with Crippen LogP contribution in [0.1, 0.15) is 0 Å². The highest BCUT2D eigenvalue weighted by atomic mass is 16.7. The van der Waals surface area contributed by atoms with E-state index >= 15 is 0 Å². The maximum atomic E-state index is 11.1. The van der Waals surface area contributed by atoms with Gasteiger partial charge in [-0.15, -0.1) is 0 Å². The molecule has 1 aliphatic heterocycles. The first kappa shape index (κ1) is 17.5. The first-order valence-corrected chi connectivity index (χ1v) is 7.43. The topological polar surface area (TPSA) is 155 Å². The van der Waals surface area contributed by atoms with Gasteiger partial charge < -0.3 is 29.9 Å². The molecule has 0 aliphatic carbocycles. The van der Waals surface area contributed by atoms with Gasteiger partial charge in [-0.05, 0) is 18.2 Å². The molecule has 134 valence electrons. The molecule has 2 aromatic rings. The molecule has 0 radical (unpaired) electrons. The SMILES string of the molecule is O=[N+]([O-])c1ccc(O[C@@H]2[C@@H](O)[C@@H](O)[C@@H](CO)O[C@H]2O)c2ncccc12. The summed E-state index contributed by atoms with van der Waals surface area (Å²) in [4.78, 5) is 14.6. The summed E-state index contributed by atoms with van der Waals surface area (Å²) < 4.78 is 10.6. The second-order valence-electron chi connectivity index (χ2n) is 5.55. The van der Waals surface area contributed by atoms with Gasteiger partial charge in [-0.25, -0.2) is 0 Å². The van der Waals surface area contributed by atoms with Gasteiger partial charge >= 0.3 is 0 Å². The number of aliphatic hydroxyl groups excluding tert-OH is 4. The second-order valence-corrected chi connectivity index (χ2v) is 5.55. The van der Waals surface area contributed by atoms with Crippen molar-refractivity contribution in [3.63, 3.8) is 0 Å². The van der Waals surface area contributed by atoms with Gasteiger partial charge in [0.2, 0.25) is 0 Å². The number of nitro groups is 1. The normalized spacial score (nSPS) is 29.5. The van der Waals surface area contributed by atoms with Crippen LogP contribution >= 0.6 is 0 Å². The average Bonchev–Trinajstić information content (AvgIpc) is 2.61. The van der Waals surface area contributed by atoms with Crippen molar-refractivity contribution >= 4 is 16.6 Å². The zero-order chi connectivity index (χ0) is 18.1. The summed E-state index contributed by atoms with van der Waals surface area (Å²) in [5.41, 5.74) is -0.00769. The summed E-state index contributed by atoms with van der Waals surface area (Å²) >= 11 is 0. The average molecular weight is 352 g/mol. The van der Waals surface area contributed by atoms with Crippen LogP contribution < -0.4 is 4.74 Å². The van der Waals surface area contributed by atoms with Crippen LogP contribution in [0.5, 0.6) is 5.75 Å². The van der Waals surface area contributed by atoms with E-state index in [1.807, 2.05) is 0 Å². The van der Waals surface area contributed by atoms with E-state index in [-0.39, 0.29) is 22.3 Å². The lowest BCUT2D eigenvalue weighted by Gasteiger charge is -2.39. The van der Waals surface area contributed by atoms with Crippen molar-refractivity contribution in [1.82, 2.24) is 4.98 Å². The van der Waals surface area contributed by atoms with Crippen LogP contribution in [-0.4, -0.2) is 67.6 Å². The Kier molecular flexibility index (Phi) is 4.79. The fourth-order valence-electron chi connectivity index (χ4n) is 2.73. The Bertz CT molecular complexity index is 785. The highest BCUT2D eigenvalue weighted by molar-refractivity contribution is 5.92. The molecule has 0 spiro atoms. The smallest absolute Gasteiger partial charge is 0.279 e. The fraction of sp³-hybridized carbons (Fsp3) is 0.400. The van der Waals surface area contributed by atoms with E-state index in [0.29, 0.717) is 0 Å². The van der Waals surface area contributed by atoms with Crippen molar-refractivity contribution in [3.05, 3.63) is 40.6 Å². The molecule has 5 atom stereocenters. The van der Waals surface area contributed by atoms with E-state index in [1.165, 1.54) is 30.5 Å². The third-order valence-electron chi connectivity index (χ3n) is 4.01. The molecule has 1 fully saturated rings. The number of aromatic nitrogens is 1. The van der Waals surface area contributed by atoms with Crippen molar-refractivity contribution < 1.29 is 34.8 Å². The molecule has 4 N–H and O–H groups in total. The van der Waals surface area contributed by atoms with Crippen LogP contribution in [-0.2, 0) is 4.74 Å². The quantitative estimate of drug-likeness (QED) is 0.413. The molecule has 3 rings (SSSR count). The summed E-state index contributed by atoms with van der Waals surface area (Å²) in [6.07, 6.45) is -5.75. The number of pyridine rings is 1.